The van der Waals surface area contributed by atoms with E-state index in [0.717, 1.165) is 210 Å². The predicted molar refractivity (Wildman–Crippen MR) is 465 cm³/mol. The number of hydrogen-bond acceptors (Lipinski definition) is 48. The van der Waals surface area contributed by atoms with E-state index < -0.39 is 160 Å². The third-order valence-corrected chi connectivity index (χ3v) is 10.4. The van der Waals surface area contributed by atoms with Crippen LogP contribution in [0.2, 0.25) is 0 Å². The quantitative estimate of drug-likeness (QED) is 0.0760. The summed E-state index contributed by atoms with van der Waals surface area (Å²) >= 11 is 0. The van der Waals surface area contributed by atoms with Gasteiger partial charge in [0.05, 0.1) is 52.4 Å². The molecule has 0 spiro atoms. The first-order valence-corrected chi connectivity index (χ1v) is 61.9. The zero-order chi connectivity index (χ0) is 101. The van der Waals surface area contributed by atoms with E-state index in [2.05, 4.69) is 122 Å². The number of nitrogens with one attached hydrogen (secondary N) is 8. The van der Waals surface area contributed by atoms with Crippen LogP contribution in [0, 0.1) is 41.0 Å². The molecule has 4 radical (unpaired) electrons. The molecule has 4 aromatic heterocycles. The van der Waals surface area contributed by atoms with Gasteiger partial charge in [-0.05, 0) is 12.8 Å². The fraction of sp³-hybridized carbons (Fsp3) is 0.677. The zero-order valence-electron chi connectivity index (χ0n) is 76.2. The van der Waals surface area contributed by atoms with E-state index in [0.29, 0.717) is 0 Å². The molecule has 133 heavy (non-hydrogen) atoms. The van der Waals surface area contributed by atoms with Crippen LogP contribution in [0.4, 0.5) is 0 Å². The maximum absolute atomic E-state index is 9.56. The average Bonchev–Trinajstić information content (AvgIpc) is 1.70. The second-order valence-electron chi connectivity index (χ2n) is 24.5. The summed E-state index contributed by atoms with van der Waals surface area (Å²) in [5.41, 5.74) is 6.45. The number of aromatic nitrogens is 8. The summed E-state index contributed by atoms with van der Waals surface area (Å²) in [7, 11) is -26.5. The molecular weight excluding hydrogens is 2280 g/mol. The van der Waals surface area contributed by atoms with E-state index >= 15 is 0 Å². The number of ether oxygens (including phenoxy) is 1. The van der Waals surface area contributed by atoms with Gasteiger partial charge in [0.15, 0.2) is 0 Å². The fourth-order valence-corrected chi connectivity index (χ4v) is 7.42. The van der Waals surface area contributed by atoms with Crippen molar-refractivity contribution in [3.8, 4) is 0 Å². The Kier molecular flexibility index (Phi) is 106. The molecular formula is C62H118Cl4Cu4N24O28S11. The first-order valence-electron chi connectivity index (χ1n) is 35.4. The topological polar surface area (TPSA) is 869 Å². The SMILES string of the molecule is C1CCOC1.CS(C)=O.CS(C)=O.CS(C)=O.CS(C)=O.CS(C)=O.CS(C)=O.CS(C)=O.CS(C)=O.CS(C)=O.CS(C)=O.CS(C)=O.[Cu+2].[Cu+2].[Cu+2].[Cu+2].[O-][Cl+3]([O-])([O-])[O-].[O-][Cl+3]([O-])([O-])[O-].[O-][Cl+3]([O-])([O-])[O-].[O-][Cl+3]([O-])([O-])[O-].c1nc(C2=NCCN2)c(C2=NCCN2)[n-]1.c1nc(C2=NCCN2)c(C2=NCCN2)[n-]1.c1nc(C2=NCCN2)c(C2=NCCN2)[n-]1.c1nc(C2=NCCN2)c(C2=NCCN2)[n-]1. The van der Waals surface area contributed by atoms with Crippen molar-refractivity contribution >= 4 is 165 Å². The summed E-state index contributed by atoms with van der Waals surface area (Å²) in [6.07, 6.45) is 44.8. The third kappa shape index (κ3) is 123. The van der Waals surface area contributed by atoms with Gasteiger partial charge in [-0.3, -0.25) is 86.2 Å². The van der Waals surface area contributed by atoms with E-state index in [4.69, 9.17) is 79.3 Å². The molecule has 4 aromatic rings. The average molecular weight is 2400 g/mol. The number of imidazole rings is 4. The molecule has 13 heterocycles. The van der Waals surface area contributed by atoms with Crippen LogP contribution < -0.4 is 137 Å². The van der Waals surface area contributed by atoms with E-state index in [1.54, 1.807) is 163 Å². The normalized spacial score (nSPS) is 14.4. The largest absolute Gasteiger partial charge is 2.00 e. The number of rotatable bonds is 8. The van der Waals surface area contributed by atoms with Crippen LogP contribution in [0.25, 0.3) is 0 Å². The van der Waals surface area contributed by atoms with Gasteiger partial charge in [-0.2, -0.15) is 0 Å². The van der Waals surface area contributed by atoms with E-state index in [9.17, 15) is 46.3 Å². The minimum absolute atomic E-state index is 0. The molecule has 0 aromatic carbocycles. The summed E-state index contributed by atoms with van der Waals surface area (Å²) in [6, 6.07) is 0. The summed E-state index contributed by atoms with van der Waals surface area (Å²) in [4.78, 5) is 68.4. The van der Waals surface area contributed by atoms with Crippen molar-refractivity contribution in [2.45, 2.75) is 12.8 Å². The number of aliphatic imine (C=N–C) groups is 8. The first-order chi connectivity index (χ1) is 59.4. The van der Waals surface area contributed by atoms with E-state index in [1.807, 2.05) is 0 Å². The summed E-state index contributed by atoms with van der Waals surface area (Å²) in [5.74, 6) is 6.66. The predicted octanol–water partition coefficient (Wildman–Crippen LogP) is -23.3. The first kappa shape index (κ1) is 153. The Labute approximate surface area is 853 Å². The summed E-state index contributed by atoms with van der Waals surface area (Å²) in [6.45, 7) is 15.5. The summed E-state index contributed by atoms with van der Waals surface area (Å²) in [5, 5.41) is 25.5. The molecule has 8 N–H and O–H groups in total. The third-order valence-electron chi connectivity index (χ3n) is 10.4. The van der Waals surface area contributed by atoms with Crippen molar-refractivity contribution < 1.29 is 235 Å². The van der Waals surface area contributed by atoms with Gasteiger partial charge in [-0.15, -0.1) is 41.0 Å². The van der Waals surface area contributed by atoms with Gasteiger partial charge in [0, 0.05) is 368 Å². The Bertz CT molecular complexity index is 3410. The van der Waals surface area contributed by atoms with Gasteiger partial charge in [0.1, 0.15) is 46.7 Å². The van der Waals surface area contributed by atoms with E-state index in [1.165, 1.54) is 12.8 Å². The smallest absolute Gasteiger partial charge is 0.440 e. The zero-order valence-corrected chi connectivity index (χ0v) is 92.0. The van der Waals surface area contributed by atoms with Crippen LogP contribution in [0.5, 0.6) is 0 Å². The van der Waals surface area contributed by atoms with Gasteiger partial charge < -0.3 is 87.1 Å². The molecule has 9 aliphatic heterocycles. The Morgan fingerprint density at radius 2 is 0.338 bits per heavy atom. The molecule has 0 atom stereocenters. The van der Waals surface area contributed by atoms with E-state index in [-0.39, 0.29) is 68.3 Å². The standard InChI is InChI=1S/4C9H11N6.C4H8O.11C2H6OS.4ClHO4.4Cu/c4*1-2-11-8(10-1)6-7(15-5-14-6)9-12-3-4-13-9;1-2-4-5-3-1;11*1-4(2)3;4*2-1(3,4)5;;;;/h4*5H,1-4H2,(H2-,10,11,12,13,14,15);1-4H2;11*1-2H3;4*(H,2,3,4,5);;;;/q4*-1;;;;;;;;;;;;;;;;;4*+2/p-4. The van der Waals surface area contributed by atoms with Crippen LogP contribution in [0.15, 0.2) is 65.2 Å². The minimum atomic E-state index is -4.94. The molecule has 52 nitrogen and oxygen atoms in total. The Balaban J connectivity index is -0.000000135. The van der Waals surface area contributed by atoms with Gasteiger partial charge in [0.25, 0.3) is 0 Å². The molecule has 1 fully saturated rings. The Morgan fingerprint density at radius 3 is 0.421 bits per heavy atom. The van der Waals surface area contributed by atoms with Crippen LogP contribution >= 0.6 is 0 Å². The second kappa shape index (κ2) is 92.5. The van der Waals surface area contributed by atoms with Gasteiger partial charge in [-0.1, -0.05) is 25.3 Å². The molecule has 0 bridgehead atoms. The Hall–Kier alpha value is -3.19. The molecule has 792 valence electrons. The molecule has 0 amide bonds. The van der Waals surface area contributed by atoms with Crippen LogP contribution in [0.1, 0.15) is 58.4 Å². The second-order valence-corrected chi connectivity index (χ2v) is 43.9. The van der Waals surface area contributed by atoms with Crippen LogP contribution in [-0.4, -0.2) is 368 Å². The van der Waals surface area contributed by atoms with Gasteiger partial charge in [-0.25, -0.2) is 74.5 Å². The van der Waals surface area contributed by atoms with Crippen LogP contribution in [0.3, 0.4) is 0 Å². The number of hydrogen-bond donors (Lipinski definition) is 8. The van der Waals surface area contributed by atoms with Crippen molar-refractivity contribution in [1.82, 2.24) is 82.4 Å². The van der Waals surface area contributed by atoms with Crippen molar-refractivity contribution in [2.24, 2.45) is 39.9 Å². The maximum atomic E-state index is 9.56. The molecule has 1 saturated heterocycles. The fourth-order valence-electron chi connectivity index (χ4n) is 7.42. The van der Waals surface area contributed by atoms with Crippen molar-refractivity contribution in [1.29, 1.82) is 0 Å². The minimum Gasteiger partial charge on any atom is -0.440 e. The number of halogens is 4. The monoisotopic (exact) mass is 2390 g/mol. The molecule has 13 rings (SSSR count). The van der Waals surface area contributed by atoms with Crippen LogP contribution in [-0.2, 0) is 192 Å². The van der Waals surface area contributed by atoms with Crippen molar-refractivity contribution in [3.63, 3.8) is 0 Å². The van der Waals surface area contributed by atoms with Crippen molar-refractivity contribution in [2.75, 3.05) is 256 Å². The molecule has 0 saturated carbocycles. The maximum Gasteiger partial charge on any atom is 2.00 e. The van der Waals surface area contributed by atoms with Gasteiger partial charge in [0.2, 0.25) is 0 Å². The molecule has 9 aliphatic rings. The van der Waals surface area contributed by atoms with Gasteiger partial charge >= 0.3 is 68.3 Å². The van der Waals surface area contributed by atoms with Crippen molar-refractivity contribution in [3.05, 3.63) is 70.9 Å². The molecule has 71 heteroatoms. The number of amidine groups is 8. The summed E-state index contributed by atoms with van der Waals surface area (Å²) < 4.78 is 246. The Morgan fingerprint density at radius 1 is 0.233 bits per heavy atom. The molecule has 0 aliphatic carbocycles. The number of nitrogens with zero attached hydrogens (tertiary/aromatic N) is 16. The molecule has 0 unspecified atom stereocenters.